The Morgan fingerprint density at radius 3 is 2.47 bits per heavy atom. The molecule has 0 aromatic heterocycles. The molecule has 0 radical (unpaired) electrons. The van der Waals surface area contributed by atoms with Crippen molar-refractivity contribution in [1.29, 1.82) is 0 Å². The molecular formula is C15H24O2. The third-order valence-electron chi connectivity index (χ3n) is 3.10. The van der Waals surface area contributed by atoms with Gasteiger partial charge in [-0.25, -0.2) is 0 Å². The summed E-state index contributed by atoms with van der Waals surface area (Å²) in [5.41, 5.74) is 1.000. The van der Waals surface area contributed by atoms with Gasteiger partial charge in [0.1, 0.15) is 0 Å². The maximum atomic E-state index is 9.90. The Morgan fingerprint density at radius 1 is 1.06 bits per heavy atom. The fourth-order valence-corrected chi connectivity index (χ4v) is 2.03. The number of methoxy groups -OCH3 is 1. The minimum absolute atomic E-state index is 0.309. The zero-order valence-corrected chi connectivity index (χ0v) is 11.0. The highest BCUT2D eigenvalue weighted by Gasteiger charge is 2.06. The van der Waals surface area contributed by atoms with E-state index in [0.29, 0.717) is 11.5 Å². The highest BCUT2D eigenvalue weighted by Crippen LogP contribution is 2.30. The molecule has 0 aliphatic rings. The SMILES string of the molecule is CCCCCCCCc1cccc(OC)c1O. The summed E-state index contributed by atoms with van der Waals surface area (Å²) in [6.45, 7) is 2.23. The predicted octanol–water partition coefficient (Wildman–Crippen LogP) is 4.30. The maximum absolute atomic E-state index is 9.90. The molecule has 2 nitrogen and oxygen atoms in total. The summed E-state index contributed by atoms with van der Waals surface area (Å²) in [5, 5.41) is 9.90. The van der Waals surface area contributed by atoms with Crippen molar-refractivity contribution in [2.45, 2.75) is 51.9 Å². The van der Waals surface area contributed by atoms with Crippen LogP contribution in [0, 0.1) is 0 Å². The minimum Gasteiger partial charge on any atom is -0.504 e. The molecule has 1 N–H and O–H groups in total. The van der Waals surface area contributed by atoms with Gasteiger partial charge in [0.2, 0.25) is 0 Å². The number of benzene rings is 1. The van der Waals surface area contributed by atoms with E-state index in [9.17, 15) is 5.11 Å². The van der Waals surface area contributed by atoms with Gasteiger partial charge in [0.25, 0.3) is 0 Å². The van der Waals surface area contributed by atoms with Gasteiger partial charge < -0.3 is 9.84 Å². The molecule has 17 heavy (non-hydrogen) atoms. The number of unbranched alkanes of at least 4 members (excludes halogenated alkanes) is 5. The van der Waals surface area contributed by atoms with Crippen LogP contribution in [0.25, 0.3) is 0 Å². The lowest BCUT2D eigenvalue weighted by Gasteiger charge is -2.08. The Balaban J connectivity index is 2.31. The van der Waals surface area contributed by atoms with E-state index in [2.05, 4.69) is 6.92 Å². The first-order valence-corrected chi connectivity index (χ1v) is 6.64. The monoisotopic (exact) mass is 236 g/mol. The lowest BCUT2D eigenvalue weighted by Crippen LogP contribution is -1.90. The number of hydrogen-bond acceptors (Lipinski definition) is 2. The maximum Gasteiger partial charge on any atom is 0.160 e. The van der Waals surface area contributed by atoms with Crippen LogP contribution >= 0.6 is 0 Å². The van der Waals surface area contributed by atoms with E-state index in [4.69, 9.17) is 4.74 Å². The van der Waals surface area contributed by atoms with E-state index in [1.165, 1.54) is 32.1 Å². The van der Waals surface area contributed by atoms with Crippen LogP contribution in [-0.4, -0.2) is 12.2 Å². The molecule has 0 saturated carbocycles. The molecule has 1 rings (SSSR count). The number of rotatable bonds is 8. The molecule has 0 aliphatic heterocycles. The molecule has 0 spiro atoms. The summed E-state index contributed by atoms with van der Waals surface area (Å²) in [6.07, 6.45) is 8.59. The predicted molar refractivity (Wildman–Crippen MR) is 71.7 cm³/mol. The first-order chi connectivity index (χ1) is 8.29. The molecule has 0 aliphatic carbocycles. The van der Waals surface area contributed by atoms with E-state index in [1.54, 1.807) is 13.2 Å². The number of phenols is 1. The highest BCUT2D eigenvalue weighted by atomic mass is 16.5. The Kier molecular flexibility index (Phi) is 6.53. The number of hydrogen-bond donors (Lipinski definition) is 1. The molecule has 2 heteroatoms. The fraction of sp³-hybridized carbons (Fsp3) is 0.600. The second-order valence-corrected chi connectivity index (χ2v) is 4.49. The highest BCUT2D eigenvalue weighted by molar-refractivity contribution is 5.45. The standard InChI is InChI=1S/C15H24O2/c1-3-4-5-6-7-8-10-13-11-9-12-14(17-2)15(13)16/h9,11-12,16H,3-8,10H2,1-2H3. The lowest BCUT2D eigenvalue weighted by molar-refractivity contribution is 0.370. The molecule has 0 fully saturated rings. The third kappa shape index (κ3) is 4.68. The molecule has 0 amide bonds. The van der Waals surface area contributed by atoms with E-state index in [-0.39, 0.29) is 0 Å². The summed E-state index contributed by atoms with van der Waals surface area (Å²) < 4.78 is 5.10. The summed E-state index contributed by atoms with van der Waals surface area (Å²) >= 11 is 0. The Morgan fingerprint density at radius 2 is 1.76 bits per heavy atom. The summed E-state index contributed by atoms with van der Waals surface area (Å²) in [6, 6.07) is 5.70. The molecule has 96 valence electrons. The second kappa shape index (κ2) is 7.99. The van der Waals surface area contributed by atoms with Crippen LogP contribution in [0.15, 0.2) is 18.2 Å². The van der Waals surface area contributed by atoms with Crippen LogP contribution in [0.4, 0.5) is 0 Å². The molecule has 1 aromatic rings. The van der Waals surface area contributed by atoms with Crippen molar-refractivity contribution in [3.8, 4) is 11.5 Å². The van der Waals surface area contributed by atoms with Gasteiger partial charge in [-0.2, -0.15) is 0 Å². The van der Waals surface area contributed by atoms with Crippen LogP contribution in [-0.2, 0) is 6.42 Å². The smallest absolute Gasteiger partial charge is 0.160 e. The molecule has 0 atom stereocenters. The quantitative estimate of drug-likeness (QED) is 0.682. The van der Waals surface area contributed by atoms with Crippen LogP contribution in [0.5, 0.6) is 11.5 Å². The van der Waals surface area contributed by atoms with E-state index < -0.39 is 0 Å². The number of aryl methyl sites for hydroxylation is 1. The zero-order valence-electron chi connectivity index (χ0n) is 11.0. The lowest BCUT2D eigenvalue weighted by atomic mass is 10.0. The normalized spacial score (nSPS) is 10.5. The van der Waals surface area contributed by atoms with Gasteiger partial charge in [-0.3, -0.25) is 0 Å². The van der Waals surface area contributed by atoms with Crippen LogP contribution in [0.3, 0.4) is 0 Å². The molecule has 1 aromatic carbocycles. The van der Waals surface area contributed by atoms with Crippen molar-refractivity contribution in [2.75, 3.05) is 7.11 Å². The van der Waals surface area contributed by atoms with Crippen LogP contribution < -0.4 is 4.74 Å². The van der Waals surface area contributed by atoms with E-state index in [1.807, 2.05) is 12.1 Å². The molecule has 0 heterocycles. The first kappa shape index (κ1) is 13.9. The van der Waals surface area contributed by atoms with Gasteiger partial charge in [0.05, 0.1) is 7.11 Å². The average molecular weight is 236 g/mol. The Hall–Kier alpha value is -1.18. The van der Waals surface area contributed by atoms with Crippen molar-refractivity contribution < 1.29 is 9.84 Å². The fourth-order valence-electron chi connectivity index (χ4n) is 2.03. The molecule has 0 saturated heterocycles. The van der Waals surface area contributed by atoms with Crippen molar-refractivity contribution in [1.82, 2.24) is 0 Å². The third-order valence-corrected chi connectivity index (χ3v) is 3.10. The number of aromatic hydroxyl groups is 1. The number of para-hydroxylation sites is 1. The van der Waals surface area contributed by atoms with Crippen molar-refractivity contribution in [3.63, 3.8) is 0 Å². The van der Waals surface area contributed by atoms with Crippen LogP contribution in [0.1, 0.15) is 51.0 Å². The van der Waals surface area contributed by atoms with Gasteiger partial charge in [-0.1, -0.05) is 51.2 Å². The Bertz CT molecular complexity index is 321. The van der Waals surface area contributed by atoms with Gasteiger partial charge >= 0.3 is 0 Å². The van der Waals surface area contributed by atoms with E-state index >= 15 is 0 Å². The average Bonchev–Trinajstić information content (AvgIpc) is 2.35. The van der Waals surface area contributed by atoms with E-state index in [0.717, 1.165) is 18.4 Å². The summed E-state index contributed by atoms with van der Waals surface area (Å²) in [7, 11) is 1.59. The van der Waals surface area contributed by atoms with Gasteiger partial charge in [-0.15, -0.1) is 0 Å². The summed E-state index contributed by atoms with van der Waals surface area (Å²) in [5.74, 6) is 0.886. The molecule has 0 bridgehead atoms. The number of phenolic OH excluding ortho intramolecular Hbond substituents is 1. The van der Waals surface area contributed by atoms with Crippen molar-refractivity contribution in [2.24, 2.45) is 0 Å². The van der Waals surface area contributed by atoms with Gasteiger partial charge in [0, 0.05) is 0 Å². The number of ether oxygens (including phenoxy) is 1. The van der Waals surface area contributed by atoms with Crippen molar-refractivity contribution in [3.05, 3.63) is 23.8 Å². The second-order valence-electron chi connectivity index (χ2n) is 4.49. The van der Waals surface area contributed by atoms with Crippen molar-refractivity contribution >= 4 is 0 Å². The largest absolute Gasteiger partial charge is 0.504 e. The van der Waals surface area contributed by atoms with Gasteiger partial charge in [0.15, 0.2) is 11.5 Å². The first-order valence-electron chi connectivity index (χ1n) is 6.64. The molecular weight excluding hydrogens is 212 g/mol. The Labute approximate surface area is 105 Å². The van der Waals surface area contributed by atoms with Crippen LogP contribution in [0.2, 0.25) is 0 Å². The van der Waals surface area contributed by atoms with Gasteiger partial charge in [-0.05, 0) is 24.5 Å². The zero-order chi connectivity index (χ0) is 12.5. The summed E-state index contributed by atoms with van der Waals surface area (Å²) in [4.78, 5) is 0. The minimum atomic E-state index is 0.309. The topological polar surface area (TPSA) is 29.5 Å². The molecule has 0 unspecified atom stereocenters.